The summed E-state index contributed by atoms with van der Waals surface area (Å²) >= 11 is 0. The van der Waals surface area contributed by atoms with Crippen LogP contribution in [0.3, 0.4) is 0 Å². The van der Waals surface area contributed by atoms with Gasteiger partial charge in [0.2, 0.25) is 5.75 Å². The number of carbonyl (C=O) groups is 1. The van der Waals surface area contributed by atoms with Gasteiger partial charge in [-0.2, -0.15) is 0 Å². The van der Waals surface area contributed by atoms with Crippen molar-refractivity contribution in [1.82, 2.24) is 0 Å². The zero-order chi connectivity index (χ0) is 19.2. The molecule has 0 bridgehead atoms. The van der Waals surface area contributed by atoms with Crippen LogP contribution < -0.4 is 19.5 Å². The second kappa shape index (κ2) is 8.77. The Labute approximate surface area is 159 Å². The summed E-state index contributed by atoms with van der Waals surface area (Å²) in [5.41, 5.74) is 2.15. The highest BCUT2D eigenvalue weighted by Gasteiger charge is 2.21. The maximum Gasteiger partial charge on any atom is 0.255 e. The number of carbonyl (C=O) groups excluding carboxylic acids is 1. The van der Waals surface area contributed by atoms with Gasteiger partial charge >= 0.3 is 0 Å². The van der Waals surface area contributed by atoms with Crippen LogP contribution in [0.25, 0.3) is 0 Å². The van der Waals surface area contributed by atoms with Crippen molar-refractivity contribution in [3.8, 4) is 17.2 Å². The lowest BCUT2D eigenvalue weighted by atomic mass is 10.1. The number of amides is 1. The van der Waals surface area contributed by atoms with Crippen molar-refractivity contribution in [1.29, 1.82) is 0 Å². The Bertz CT molecular complexity index is 776. The van der Waals surface area contributed by atoms with Gasteiger partial charge in [0.05, 0.1) is 27.9 Å². The molecule has 144 valence electrons. The molecule has 0 unspecified atom stereocenters. The van der Waals surface area contributed by atoms with Gasteiger partial charge in [-0.3, -0.25) is 4.79 Å². The van der Waals surface area contributed by atoms with Crippen molar-refractivity contribution >= 4 is 11.6 Å². The summed E-state index contributed by atoms with van der Waals surface area (Å²) in [7, 11) is 4.56. The van der Waals surface area contributed by atoms with Gasteiger partial charge in [-0.15, -0.1) is 0 Å². The van der Waals surface area contributed by atoms with Crippen LogP contribution in [0.5, 0.6) is 17.2 Å². The molecule has 0 atom stereocenters. The number of rotatable bonds is 9. The Morgan fingerprint density at radius 2 is 1.74 bits per heavy atom. The molecule has 0 spiro atoms. The van der Waals surface area contributed by atoms with Gasteiger partial charge in [-0.05, 0) is 48.6 Å². The van der Waals surface area contributed by atoms with E-state index < -0.39 is 0 Å². The highest BCUT2D eigenvalue weighted by molar-refractivity contribution is 6.05. The van der Waals surface area contributed by atoms with E-state index in [0.717, 1.165) is 18.1 Å². The van der Waals surface area contributed by atoms with Gasteiger partial charge in [0.15, 0.2) is 11.5 Å². The summed E-state index contributed by atoms with van der Waals surface area (Å²) in [4.78, 5) is 12.7. The molecule has 0 aliphatic heterocycles. The van der Waals surface area contributed by atoms with E-state index in [2.05, 4.69) is 5.32 Å². The number of ether oxygens (including phenoxy) is 4. The van der Waals surface area contributed by atoms with E-state index in [0.29, 0.717) is 35.1 Å². The number of hydrogen-bond donors (Lipinski definition) is 1. The third-order valence-corrected chi connectivity index (χ3v) is 4.43. The minimum absolute atomic E-state index is 0.259. The standard InChI is InChI=1S/C21H25NO5/c1-24-18-10-16(11-19(25-2)20(18)26-3)21(23)22-17-6-4-5-15(9-17)13-27-12-14-7-8-14/h4-6,9-11,14H,7-8,12-13H2,1-3H3,(H,22,23). The molecule has 1 fully saturated rings. The fourth-order valence-corrected chi connectivity index (χ4v) is 2.78. The number of anilines is 1. The van der Waals surface area contributed by atoms with E-state index in [1.165, 1.54) is 34.2 Å². The van der Waals surface area contributed by atoms with Crippen molar-refractivity contribution in [2.24, 2.45) is 5.92 Å². The molecule has 3 rings (SSSR count). The van der Waals surface area contributed by atoms with E-state index in [9.17, 15) is 4.79 Å². The molecule has 6 nitrogen and oxygen atoms in total. The first kappa shape index (κ1) is 19.0. The van der Waals surface area contributed by atoms with Crippen LogP contribution in [0.2, 0.25) is 0 Å². The minimum atomic E-state index is -0.259. The smallest absolute Gasteiger partial charge is 0.255 e. The van der Waals surface area contributed by atoms with E-state index in [-0.39, 0.29) is 5.91 Å². The van der Waals surface area contributed by atoms with Gasteiger partial charge < -0.3 is 24.3 Å². The summed E-state index contributed by atoms with van der Waals surface area (Å²) < 4.78 is 21.6. The molecule has 27 heavy (non-hydrogen) atoms. The van der Waals surface area contributed by atoms with Crippen molar-refractivity contribution in [3.63, 3.8) is 0 Å². The minimum Gasteiger partial charge on any atom is -0.493 e. The summed E-state index contributed by atoms with van der Waals surface area (Å²) in [6, 6.07) is 10.9. The molecule has 1 N–H and O–H groups in total. The third-order valence-electron chi connectivity index (χ3n) is 4.43. The van der Waals surface area contributed by atoms with Gasteiger partial charge in [0.1, 0.15) is 0 Å². The molecule has 2 aromatic rings. The Morgan fingerprint density at radius 1 is 1.04 bits per heavy atom. The molecule has 6 heteroatoms. The Kier molecular flexibility index (Phi) is 6.19. The topological polar surface area (TPSA) is 66.0 Å². The average molecular weight is 371 g/mol. The molecule has 0 saturated heterocycles. The van der Waals surface area contributed by atoms with Gasteiger partial charge in [-0.1, -0.05) is 12.1 Å². The van der Waals surface area contributed by atoms with Gasteiger partial charge in [0, 0.05) is 17.9 Å². The normalized spacial score (nSPS) is 13.1. The van der Waals surface area contributed by atoms with Crippen molar-refractivity contribution in [3.05, 3.63) is 47.5 Å². The molecule has 1 aliphatic carbocycles. The lowest BCUT2D eigenvalue weighted by Gasteiger charge is -2.14. The molecule has 1 amide bonds. The molecule has 0 aromatic heterocycles. The summed E-state index contributed by atoms with van der Waals surface area (Å²) in [6.45, 7) is 1.35. The highest BCUT2D eigenvalue weighted by atomic mass is 16.5. The van der Waals surface area contributed by atoms with Crippen molar-refractivity contribution < 1.29 is 23.7 Å². The second-order valence-corrected chi connectivity index (χ2v) is 6.53. The molecular weight excluding hydrogens is 346 g/mol. The van der Waals surface area contributed by atoms with Gasteiger partial charge in [-0.25, -0.2) is 0 Å². The first-order chi connectivity index (χ1) is 13.1. The lowest BCUT2D eigenvalue weighted by molar-refractivity contribution is 0.102. The number of methoxy groups -OCH3 is 3. The van der Waals surface area contributed by atoms with Crippen LogP contribution in [-0.2, 0) is 11.3 Å². The maximum atomic E-state index is 12.7. The van der Waals surface area contributed by atoms with Crippen LogP contribution >= 0.6 is 0 Å². The zero-order valence-corrected chi connectivity index (χ0v) is 15.9. The molecule has 0 heterocycles. The first-order valence-electron chi connectivity index (χ1n) is 8.92. The Morgan fingerprint density at radius 3 is 2.33 bits per heavy atom. The van der Waals surface area contributed by atoms with Crippen LogP contribution in [0, 0.1) is 5.92 Å². The van der Waals surface area contributed by atoms with E-state index in [4.69, 9.17) is 18.9 Å². The predicted molar refractivity (Wildman–Crippen MR) is 103 cm³/mol. The van der Waals surface area contributed by atoms with Crippen molar-refractivity contribution in [2.75, 3.05) is 33.3 Å². The second-order valence-electron chi connectivity index (χ2n) is 6.53. The predicted octanol–water partition coefficient (Wildman–Crippen LogP) is 3.89. The fourth-order valence-electron chi connectivity index (χ4n) is 2.78. The molecule has 2 aromatic carbocycles. The molecule has 0 radical (unpaired) electrons. The van der Waals surface area contributed by atoms with Crippen molar-refractivity contribution in [2.45, 2.75) is 19.4 Å². The van der Waals surface area contributed by atoms with Gasteiger partial charge in [0.25, 0.3) is 5.91 Å². The number of nitrogens with one attached hydrogen (secondary N) is 1. The Balaban J connectivity index is 1.70. The van der Waals surface area contributed by atoms with E-state index in [1.54, 1.807) is 12.1 Å². The van der Waals surface area contributed by atoms with Crippen LogP contribution in [0.15, 0.2) is 36.4 Å². The van der Waals surface area contributed by atoms with Crippen LogP contribution in [0.4, 0.5) is 5.69 Å². The number of hydrogen-bond acceptors (Lipinski definition) is 5. The largest absolute Gasteiger partial charge is 0.493 e. The molecular formula is C21H25NO5. The lowest BCUT2D eigenvalue weighted by Crippen LogP contribution is -2.13. The fraction of sp³-hybridized carbons (Fsp3) is 0.381. The summed E-state index contributed by atoms with van der Waals surface area (Å²) in [5, 5.41) is 2.90. The van der Waals surface area contributed by atoms with Crippen LogP contribution in [0.1, 0.15) is 28.8 Å². The number of benzene rings is 2. The van der Waals surface area contributed by atoms with E-state index >= 15 is 0 Å². The highest BCUT2D eigenvalue weighted by Crippen LogP contribution is 2.38. The first-order valence-corrected chi connectivity index (χ1v) is 8.92. The summed E-state index contributed by atoms with van der Waals surface area (Å²) in [5.74, 6) is 1.79. The maximum absolute atomic E-state index is 12.7. The van der Waals surface area contributed by atoms with E-state index in [1.807, 2.05) is 24.3 Å². The SMILES string of the molecule is COc1cc(C(=O)Nc2cccc(COCC3CC3)c2)cc(OC)c1OC. The quantitative estimate of drug-likeness (QED) is 0.724. The Hall–Kier alpha value is -2.73. The third kappa shape index (κ3) is 4.92. The molecule has 1 saturated carbocycles. The van der Waals surface area contributed by atoms with Crippen LogP contribution in [-0.4, -0.2) is 33.8 Å². The zero-order valence-electron chi connectivity index (χ0n) is 15.9. The average Bonchev–Trinajstić information content (AvgIpc) is 3.51. The summed E-state index contributed by atoms with van der Waals surface area (Å²) in [6.07, 6.45) is 2.54. The monoisotopic (exact) mass is 371 g/mol. The molecule has 1 aliphatic rings.